The topological polar surface area (TPSA) is 77.1 Å². The second kappa shape index (κ2) is 5.60. The van der Waals surface area contributed by atoms with Gasteiger partial charge in [-0.15, -0.1) is 0 Å². The first-order valence-corrected chi connectivity index (χ1v) is 6.01. The number of hydrogen-bond donors (Lipinski definition) is 0. The maximum Gasteiger partial charge on any atom is 0.265 e. The van der Waals surface area contributed by atoms with E-state index in [1.807, 2.05) is 12.1 Å². The van der Waals surface area contributed by atoms with Crippen molar-refractivity contribution in [1.29, 1.82) is 10.5 Å². The molecule has 5 nitrogen and oxygen atoms in total. The van der Waals surface area contributed by atoms with Crippen LogP contribution in [-0.4, -0.2) is 30.0 Å². The van der Waals surface area contributed by atoms with Crippen molar-refractivity contribution in [3.05, 3.63) is 28.8 Å². The summed E-state index contributed by atoms with van der Waals surface area (Å²) in [4.78, 5) is 13.3. The Balaban J connectivity index is 2.11. The summed E-state index contributed by atoms with van der Waals surface area (Å²) in [5.74, 6) is 0.270. The van der Waals surface area contributed by atoms with Crippen LogP contribution in [0.2, 0.25) is 5.02 Å². The van der Waals surface area contributed by atoms with Crippen molar-refractivity contribution in [3.8, 4) is 17.9 Å². The fraction of sp³-hybridized carbons (Fsp3) is 0.308. The van der Waals surface area contributed by atoms with Crippen LogP contribution in [-0.2, 0) is 11.2 Å². The lowest BCUT2D eigenvalue weighted by Gasteiger charge is -2.19. The van der Waals surface area contributed by atoms with Crippen molar-refractivity contribution < 1.29 is 9.53 Å². The predicted molar refractivity (Wildman–Crippen MR) is 67.4 cm³/mol. The van der Waals surface area contributed by atoms with E-state index in [9.17, 15) is 4.79 Å². The molecule has 0 saturated carbocycles. The number of ether oxygens (including phenoxy) is 1. The standard InChI is InChI=1S/C13H10ClN3O2/c14-10-1-2-11-9(7-10)8-12(19-11)13(18)17(5-3-15)6-4-16/h1-2,7,12H,5-6,8H2/t12-/m1/s1. The van der Waals surface area contributed by atoms with E-state index < -0.39 is 6.10 Å². The first kappa shape index (κ1) is 13.2. The molecule has 1 aromatic rings. The number of fused-ring (bicyclic) bond motifs is 1. The lowest BCUT2D eigenvalue weighted by Crippen LogP contribution is -2.41. The summed E-state index contributed by atoms with van der Waals surface area (Å²) >= 11 is 5.88. The maximum absolute atomic E-state index is 12.1. The molecule has 1 amide bonds. The molecule has 19 heavy (non-hydrogen) atoms. The monoisotopic (exact) mass is 275 g/mol. The molecular formula is C13H10ClN3O2. The minimum absolute atomic E-state index is 0.122. The molecule has 0 unspecified atom stereocenters. The number of halogens is 1. The van der Waals surface area contributed by atoms with Gasteiger partial charge in [-0.25, -0.2) is 0 Å². The first-order chi connectivity index (χ1) is 9.15. The van der Waals surface area contributed by atoms with Crippen molar-refractivity contribution in [2.75, 3.05) is 13.1 Å². The van der Waals surface area contributed by atoms with E-state index in [2.05, 4.69) is 0 Å². The number of nitriles is 2. The minimum Gasteiger partial charge on any atom is -0.480 e. The van der Waals surface area contributed by atoms with Crippen LogP contribution in [0.4, 0.5) is 0 Å². The highest BCUT2D eigenvalue weighted by Crippen LogP contribution is 2.31. The van der Waals surface area contributed by atoms with Crippen LogP contribution in [0.5, 0.6) is 5.75 Å². The molecule has 96 valence electrons. The van der Waals surface area contributed by atoms with Crippen LogP contribution in [0.15, 0.2) is 18.2 Å². The molecule has 0 spiro atoms. The summed E-state index contributed by atoms with van der Waals surface area (Å²) in [5.41, 5.74) is 0.861. The Morgan fingerprint density at radius 1 is 1.42 bits per heavy atom. The van der Waals surface area contributed by atoms with E-state index >= 15 is 0 Å². The molecule has 1 aromatic carbocycles. The van der Waals surface area contributed by atoms with E-state index in [1.165, 1.54) is 4.90 Å². The highest BCUT2D eigenvalue weighted by atomic mass is 35.5. The molecule has 0 saturated heterocycles. The highest BCUT2D eigenvalue weighted by molar-refractivity contribution is 6.30. The average molecular weight is 276 g/mol. The largest absolute Gasteiger partial charge is 0.480 e. The van der Waals surface area contributed by atoms with Crippen molar-refractivity contribution in [2.24, 2.45) is 0 Å². The molecule has 1 atom stereocenters. The van der Waals surface area contributed by atoms with Gasteiger partial charge in [0.15, 0.2) is 6.10 Å². The SMILES string of the molecule is N#CCN(CC#N)C(=O)[C@H]1Cc2cc(Cl)ccc2O1. The summed E-state index contributed by atoms with van der Waals surface area (Å²) in [6.45, 7) is -0.243. The zero-order chi connectivity index (χ0) is 13.8. The van der Waals surface area contributed by atoms with Gasteiger partial charge in [0.25, 0.3) is 5.91 Å². The molecule has 0 aromatic heterocycles. The lowest BCUT2D eigenvalue weighted by atomic mass is 10.1. The Morgan fingerprint density at radius 3 is 2.74 bits per heavy atom. The summed E-state index contributed by atoms with van der Waals surface area (Å²) in [7, 11) is 0. The molecule has 1 aliphatic rings. The highest BCUT2D eigenvalue weighted by Gasteiger charge is 2.32. The number of rotatable bonds is 3. The number of hydrogen-bond acceptors (Lipinski definition) is 4. The third kappa shape index (κ3) is 2.78. The quantitative estimate of drug-likeness (QED) is 0.784. The zero-order valence-corrected chi connectivity index (χ0v) is 10.7. The van der Waals surface area contributed by atoms with Gasteiger partial charge < -0.3 is 9.64 Å². The summed E-state index contributed by atoms with van der Waals surface area (Å²) in [6.07, 6.45) is -0.280. The first-order valence-electron chi connectivity index (χ1n) is 5.63. The normalized spacial score (nSPS) is 15.8. The van der Waals surface area contributed by atoms with Crippen molar-refractivity contribution >= 4 is 17.5 Å². The molecule has 0 fully saturated rings. The van der Waals surface area contributed by atoms with Crippen LogP contribution in [0.3, 0.4) is 0 Å². The molecule has 0 radical (unpaired) electrons. The Hall–Kier alpha value is -2.24. The second-order valence-corrected chi connectivity index (χ2v) is 4.51. The van der Waals surface area contributed by atoms with E-state index in [1.54, 1.807) is 18.2 Å². The average Bonchev–Trinajstić information content (AvgIpc) is 2.80. The molecule has 2 rings (SSSR count). The summed E-state index contributed by atoms with van der Waals surface area (Å²) < 4.78 is 5.53. The lowest BCUT2D eigenvalue weighted by molar-refractivity contribution is -0.136. The summed E-state index contributed by atoms with van der Waals surface area (Å²) in [5, 5.41) is 17.9. The second-order valence-electron chi connectivity index (χ2n) is 4.07. The maximum atomic E-state index is 12.1. The smallest absolute Gasteiger partial charge is 0.265 e. The third-order valence-corrected chi connectivity index (χ3v) is 3.04. The molecular weight excluding hydrogens is 266 g/mol. The van der Waals surface area contributed by atoms with E-state index in [4.69, 9.17) is 26.9 Å². The Morgan fingerprint density at radius 2 is 2.11 bits per heavy atom. The van der Waals surface area contributed by atoms with Gasteiger partial charge in [-0.1, -0.05) is 11.6 Å². The number of nitrogens with zero attached hydrogens (tertiary/aromatic N) is 3. The zero-order valence-electron chi connectivity index (χ0n) is 9.97. The van der Waals surface area contributed by atoms with Gasteiger partial charge in [0.1, 0.15) is 18.8 Å². The van der Waals surface area contributed by atoms with Crippen molar-refractivity contribution in [1.82, 2.24) is 4.90 Å². The predicted octanol–water partition coefficient (Wildman–Crippen LogP) is 1.52. The number of carbonyl (C=O) groups is 1. The van der Waals surface area contributed by atoms with Crippen molar-refractivity contribution in [3.63, 3.8) is 0 Å². The Kier molecular flexibility index (Phi) is 3.89. The molecule has 6 heteroatoms. The molecule has 0 aliphatic carbocycles. The van der Waals surface area contributed by atoms with Crippen molar-refractivity contribution in [2.45, 2.75) is 12.5 Å². The molecule has 0 N–H and O–H groups in total. The molecule has 1 aliphatic heterocycles. The van der Waals surface area contributed by atoms with E-state index in [0.717, 1.165) is 5.56 Å². The van der Waals surface area contributed by atoms with Gasteiger partial charge in [0.05, 0.1) is 12.1 Å². The van der Waals surface area contributed by atoms with Gasteiger partial charge in [-0.2, -0.15) is 10.5 Å². The Bertz CT molecular complexity index is 573. The molecule has 1 heterocycles. The molecule has 0 bridgehead atoms. The number of amides is 1. The van der Waals surface area contributed by atoms with Crippen LogP contribution < -0.4 is 4.74 Å². The van der Waals surface area contributed by atoms with E-state index in [0.29, 0.717) is 17.2 Å². The van der Waals surface area contributed by atoms with Gasteiger partial charge in [-0.05, 0) is 23.8 Å². The van der Waals surface area contributed by atoms with Crippen LogP contribution in [0, 0.1) is 22.7 Å². The Labute approximate surface area is 115 Å². The van der Waals surface area contributed by atoms with Crippen LogP contribution in [0.25, 0.3) is 0 Å². The van der Waals surface area contributed by atoms with Crippen LogP contribution in [0.1, 0.15) is 5.56 Å². The number of carbonyl (C=O) groups excluding carboxylic acids is 1. The minimum atomic E-state index is -0.685. The van der Waals surface area contributed by atoms with Crippen LogP contribution >= 0.6 is 11.6 Å². The van der Waals surface area contributed by atoms with Gasteiger partial charge in [-0.3, -0.25) is 4.79 Å². The fourth-order valence-corrected chi connectivity index (χ4v) is 2.14. The van der Waals surface area contributed by atoms with Gasteiger partial charge in [0, 0.05) is 11.4 Å². The fourth-order valence-electron chi connectivity index (χ4n) is 1.94. The van der Waals surface area contributed by atoms with Gasteiger partial charge in [0.2, 0.25) is 0 Å². The van der Waals surface area contributed by atoms with E-state index in [-0.39, 0.29) is 19.0 Å². The number of benzene rings is 1. The third-order valence-electron chi connectivity index (χ3n) is 2.81. The summed E-state index contributed by atoms with van der Waals surface area (Å²) in [6, 6.07) is 8.88. The van der Waals surface area contributed by atoms with Gasteiger partial charge >= 0.3 is 0 Å².